The fourth-order valence-electron chi connectivity index (χ4n) is 3.43. The van der Waals surface area contributed by atoms with E-state index < -0.39 is 19.5 Å². The number of rotatable bonds is 10. The number of aliphatic hydroxyl groups is 1. The van der Waals surface area contributed by atoms with Crippen LogP contribution in [0.5, 0.6) is 5.75 Å². The Morgan fingerprint density at radius 2 is 2.06 bits per heavy atom. The highest BCUT2D eigenvalue weighted by molar-refractivity contribution is 6.32. The van der Waals surface area contributed by atoms with Gasteiger partial charge in [0.2, 0.25) is 11.7 Å². The maximum absolute atomic E-state index is 12.7. The van der Waals surface area contributed by atoms with Crippen LogP contribution in [0.25, 0.3) is 33.7 Å². The van der Waals surface area contributed by atoms with Crippen molar-refractivity contribution in [2.45, 2.75) is 12.6 Å². The number of fused-ring (bicyclic) bond motifs is 1. The van der Waals surface area contributed by atoms with E-state index in [0.717, 1.165) is 10.9 Å². The van der Waals surface area contributed by atoms with Gasteiger partial charge in [-0.15, -0.1) is 0 Å². The lowest BCUT2D eigenvalue weighted by atomic mass is 10.1. The van der Waals surface area contributed by atoms with Gasteiger partial charge in [0.25, 0.3) is 5.89 Å². The Hall–Kier alpha value is -3.50. The predicted molar refractivity (Wildman–Crippen MR) is 122 cm³/mol. The first kappa shape index (κ1) is 23.7. The Bertz CT molecular complexity index is 1290. The van der Waals surface area contributed by atoms with Crippen LogP contribution in [0.1, 0.15) is 0 Å². The quantitative estimate of drug-likeness (QED) is 0.350. The van der Waals surface area contributed by atoms with Crippen LogP contribution in [0.3, 0.4) is 0 Å². The Labute approximate surface area is 198 Å². The number of aromatic nitrogens is 3. The van der Waals surface area contributed by atoms with Crippen LogP contribution in [0, 0.1) is 0 Å². The number of ether oxygens (including phenoxy) is 1. The average molecular weight is 491 g/mol. The second-order valence-electron chi connectivity index (χ2n) is 7.37. The van der Waals surface area contributed by atoms with Crippen LogP contribution in [-0.4, -0.2) is 58.3 Å². The minimum atomic E-state index is -1.22. The van der Waals surface area contributed by atoms with Crippen LogP contribution in [0.15, 0.2) is 53.2 Å². The molecule has 0 atom stereocenters. The van der Waals surface area contributed by atoms with Crippen LogP contribution in [0.4, 0.5) is 8.78 Å². The van der Waals surface area contributed by atoms with Gasteiger partial charge in [-0.25, -0.2) is 8.78 Å². The van der Waals surface area contributed by atoms with Gasteiger partial charge in [-0.05, 0) is 30.3 Å². The minimum absolute atomic E-state index is 0.100. The number of nitrogens with zero attached hydrogens (tertiary/aromatic N) is 3. The van der Waals surface area contributed by atoms with E-state index in [9.17, 15) is 13.6 Å². The van der Waals surface area contributed by atoms with E-state index in [2.05, 4.69) is 15.5 Å². The number of hydrogen-bond donors (Lipinski definition) is 2. The molecule has 0 aliphatic heterocycles. The Balaban J connectivity index is 1.58. The highest BCUT2D eigenvalue weighted by Gasteiger charge is 2.17. The van der Waals surface area contributed by atoms with E-state index in [1.54, 1.807) is 16.8 Å². The molecule has 0 saturated carbocycles. The topological polar surface area (TPSA) is 102 Å². The largest absolute Gasteiger partial charge is 0.483 e. The molecule has 0 aliphatic rings. The molecular weight excluding hydrogens is 470 g/mol. The van der Waals surface area contributed by atoms with Crippen molar-refractivity contribution in [2.75, 3.05) is 26.5 Å². The maximum atomic E-state index is 12.7. The molecule has 0 fully saturated rings. The number of aliphatic hydroxyl groups excluding tert-OH is 1. The first-order valence-corrected chi connectivity index (χ1v) is 10.8. The SMILES string of the molecule is O=C(Cn1ccc2c(-c3noc(-c4ccc(OC(CF)CF)c(Cl)c4)n3)cccc21)NCCO. The van der Waals surface area contributed by atoms with Crippen molar-refractivity contribution in [3.8, 4) is 28.6 Å². The molecule has 2 heterocycles. The Morgan fingerprint density at radius 1 is 1.24 bits per heavy atom. The number of carbonyl (C=O) groups excluding carboxylic acids is 1. The summed E-state index contributed by atoms with van der Waals surface area (Å²) in [6.07, 6.45) is 0.570. The van der Waals surface area contributed by atoms with E-state index in [1.165, 1.54) is 12.1 Å². The van der Waals surface area contributed by atoms with Crippen molar-refractivity contribution in [1.82, 2.24) is 20.0 Å². The molecule has 1 amide bonds. The summed E-state index contributed by atoms with van der Waals surface area (Å²) in [7, 11) is 0. The van der Waals surface area contributed by atoms with Gasteiger partial charge in [-0.2, -0.15) is 4.98 Å². The normalized spacial score (nSPS) is 11.3. The lowest BCUT2D eigenvalue weighted by Gasteiger charge is -2.13. The van der Waals surface area contributed by atoms with Gasteiger partial charge in [-0.1, -0.05) is 28.9 Å². The molecule has 4 aromatic rings. The maximum Gasteiger partial charge on any atom is 0.258 e. The number of amides is 1. The third kappa shape index (κ3) is 5.02. The van der Waals surface area contributed by atoms with Crippen LogP contribution < -0.4 is 10.1 Å². The lowest BCUT2D eigenvalue weighted by molar-refractivity contribution is -0.121. The van der Waals surface area contributed by atoms with Gasteiger partial charge in [0.15, 0.2) is 6.10 Å². The monoisotopic (exact) mass is 490 g/mol. The van der Waals surface area contributed by atoms with E-state index in [1.807, 2.05) is 24.3 Å². The summed E-state index contributed by atoms with van der Waals surface area (Å²) in [4.78, 5) is 16.5. The standard InChI is InChI=1S/C23H21ClF2N4O4/c24-18-10-14(4-5-20(18)33-15(11-25)12-26)23-28-22(29-34-23)17-2-1-3-19-16(17)6-8-30(19)13-21(32)27-7-9-31/h1-6,8,10,15,31H,7,9,11-13H2,(H,27,32). The van der Waals surface area contributed by atoms with E-state index in [4.69, 9.17) is 26.0 Å². The fraction of sp³-hybridized carbons (Fsp3) is 0.261. The number of hydrogen-bond acceptors (Lipinski definition) is 6. The van der Waals surface area contributed by atoms with Crippen LogP contribution in [-0.2, 0) is 11.3 Å². The molecule has 0 radical (unpaired) electrons. The van der Waals surface area contributed by atoms with Crippen molar-refractivity contribution in [3.05, 3.63) is 53.7 Å². The molecule has 11 heteroatoms. The number of carbonyl (C=O) groups is 1. The number of benzene rings is 2. The van der Waals surface area contributed by atoms with E-state index in [-0.39, 0.29) is 42.3 Å². The number of nitrogens with one attached hydrogen (secondary N) is 1. The zero-order valence-electron chi connectivity index (χ0n) is 17.9. The van der Waals surface area contributed by atoms with Gasteiger partial charge in [0.1, 0.15) is 25.6 Å². The molecule has 2 N–H and O–H groups in total. The molecule has 2 aromatic heterocycles. The third-order valence-corrected chi connectivity index (χ3v) is 5.34. The summed E-state index contributed by atoms with van der Waals surface area (Å²) < 4.78 is 37.9. The van der Waals surface area contributed by atoms with E-state index in [0.29, 0.717) is 17.0 Å². The average Bonchev–Trinajstić information content (AvgIpc) is 3.50. The summed E-state index contributed by atoms with van der Waals surface area (Å²) in [6, 6.07) is 12.0. The lowest BCUT2D eigenvalue weighted by Crippen LogP contribution is -2.29. The molecule has 8 nitrogen and oxygen atoms in total. The number of alkyl halides is 2. The smallest absolute Gasteiger partial charge is 0.258 e. The molecule has 4 rings (SSSR count). The predicted octanol–water partition coefficient (Wildman–Crippen LogP) is 3.81. The molecule has 34 heavy (non-hydrogen) atoms. The summed E-state index contributed by atoms with van der Waals surface area (Å²) in [5, 5.41) is 16.5. The Kier molecular flexibility index (Phi) is 7.39. The zero-order chi connectivity index (χ0) is 24.1. The van der Waals surface area contributed by atoms with Gasteiger partial charge in [-0.3, -0.25) is 4.79 Å². The van der Waals surface area contributed by atoms with Crippen molar-refractivity contribution < 1.29 is 27.9 Å². The highest BCUT2D eigenvalue weighted by atomic mass is 35.5. The highest BCUT2D eigenvalue weighted by Crippen LogP contribution is 2.33. The molecule has 0 spiro atoms. The summed E-state index contributed by atoms with van der Waals surface area (Å²) in [5.41, 5.74) is 2.03. The molecular formula is C23H21ClF2N4O4. The minimum Gasteiger partial charge on any atom is -0.483 e. The molecule has 178 valence electrons. The zero-order valence-corrected chi connectivity index (χ0v) is 18.6. The number of halogens is 3. The Morgan fingerprint density at radius 3 is 2.79 bits per heavy atom. The third-order valence-electron chi connectivity index (χ3n) is 5.05. The summed E-state index contributed by atoms with van der Waals surface area (Å²) >= 11 is 6.21. The molecule has 0 unspecified atom stereocenters. The fourth-order valence-corrected chi connectivity index (χ4v) is 3.65. The molecule has 0 saturated heterocycles. The first-order valence-electron chi connectivity index (χ1n) is 10.4. The summed E-state index contributed by atoms with van der Waals surface area (Å²) in [6.45, 7) is -1.77. The molecule has 0 bridgehead atoms. The van der Waals surface area contributed by atoms with Crippen molar-refractivity contribution >= 4 is 28.4 Å². The van der Waals surface area contributed by atoms with Crippen molar-refractivity contribution in [2.24, 2.45) is 0 Å². The second-order valence-corrected chi connectivity index (χ2v) is 7.78. The first-order chi connectivity index (χ1) is 16.5. The van der Waals surface area contributed by atoms with Crippen LogP contribution >= 0.6 is 11.6 Å². The van der Waals surface area contributed by atoms with E-state index >= 15 is 0 Å². The van der Waals surface area contributed by atoms with Crippen molar-refractivity contribution in [3.63, 3.8) is 0 Å². The molecule has 0 aliphatic carbocycles. The van der Waals surface area contributed by atoms with Gasteiger partial charge in [0.05, 0.1) is 11.6 Å². The van der Waals surface area contributed by atoms with Gasteiger partial charge < -0.3 is 24.3 Å². The van der Waals surface area contributed by atoms with Crippen LogP contribution in [0.2, 0.25) is 5.02 Å². The summed E-state index contributed by atoms with van der Waals surface area (Å²) in [5.74, 6) is 0.484. The van der Waals surface area contributed by atoms with Gasteiger partial charge >= 0.3 is 0 Å². The second kappa shape index (κ2) is 10.6. The molecule has 2 aromatic carbocycles. The van der Waals surface area contributed by atoms with Crippen molar-refractivity contribution in [1.29, 1.82) is 0 Å². The van der Waals surface area contributed by atoms with Gasteiger partial charge in [0, 0.05) is 34.8 Å².